The van der Waals surface area contributed by atoms with Crippen LogP contribution in [-0.2, 0) is 0 Å². The van der Waals surface area contributed by atoms with E-state index in [-0.39, 0.29) is 22.9 Å². The van der Waals surface area contributed by atoms with Gasteiger partial charge < -0.3 is 16.2 Å². The second-order valence-corrected chi connectivity index (χ2v) is 3.31. The molecule has 2 aromatic rings. The minimum Gasteiger partial charge on any atom is -0.478 e. The topological polar surface area (TPSA) is 151 Å². The van der Waals surface area contributed by atoms with Gasteiger partial charge in [-0.3, -0.25) is 9.78 Å². The van der Waals surface area contributed by atoms with Crippen LogP contribution in [0.1, 0.15) is 16.1 Å². The van der Waals surface area contributed by atoms with E-state index in [0.717, 1.165) is 17.1 Å². The lowest BCUT2D eigenvalue weighted by atomic mass is 10.3. The number of aromatic carboxylic acids is 1. The highest BCUT2D eigenvalue weighted by Gasteiger charge is 2.11. The first-order valence-electron chi connectivity index (χ1n) is 4.71. The van der Waals surface area contributed by atoms with Crippen molar-refractivity contribution in [2.24, 2.45) is 0 Å². The van der Waals surface area contributed by atoms with E-state index < -0.39 is 11.5 Å². The highest BCUT2D eigenvalue weighted by molar-refractivity contribution is 5.87. The predicted molar refractivity (Wildman–Crippen MR) is 61.2 cm³/mol. The van der Waals surface area contributed by atoms with Crippen molar-refractivity contribution in [3.05, 3.63) is 34.0 Å². The molecule has 0 fully saturated rings. The average molecular weight is 248 g/mol. The number of hydrogen-bond donors (Lipinski definition) is 4. The molecule has 0 amide bonds. The molecule has 2 aromatic heterocycles. The van der Waals surface area contributed by atoms with Gasteiger partial charge in [0.1, 0.15) is 11.4 Å². The molecule has 9 heteroatoms. The third-order valence-electron chi connectivity index (χ3n) is 2.16. The van der Waals surface area contributed by atoms with Gasteiger partial charge in [0.25, 0.3) is 5.56 Å². The highest BCUT2D eigenvalue weighted by Crippen LogP contribution is 2.05. The van der Waals surface area contributed by atoms with Gasteiger partial charge in [0.15, 0.2) is 0 Å². The van der Waals surface area contributed by atoms with E-state index in [0.29, 0.717) is 0 Å². The lowest BCUT2D eigenvalue weighted by Crippen LogP contribution is -2.20. The Hall–Kier alpha value is -2.97. The summed E-state index contributed by atoms with van der Waals surface area (Å²) in [6.45, 7) is 0. The van der Waals surface area contributed by atoms with Crippen LogP contribution < -0.4 is 11.3 Å². The van der Waals surface area contributed by atoms with E-state index in [1.807, 2.05) is 0 Å². The molecular weight excluding hydrogens is 240 g/mol. The molecule has 0 saturated heterocycles. The number of hydrogen-bond acceptors (Lipinski definition) is 6. The van der Waals surface area contributed by atoms with Gasteiger partial charge in [0.05, 0.1) is 11.8 Å². The third kappa shape index (κ3) is 1.84. The summed E-state index contributed by atoms with van der Waals surface area (Å²) in [4.78, 5) is 28.3. The molecule has 0 aliphatic heterocycles. The van der Waals surface area contributed by atoms with E-state index in [1.54, 1.807) is 0 Å². The van der Waals surface area contributed by atoms with Gasteiger partial charge in [-0.05, 0) is 0 Å². The maximum Gasteiger partial charge on any atom is 0.338 e. The Bertz CT molecular complexity index is 686. The molecule has 0 unspecified atom stereocenters. The highest BCUT2D eigenvalue weighted by atomic mass is 16.4. The Morgan fingerprint density at radius 1 is 1.61 bits per heavy atom. The van der Waals surface area contributed by atoms with Crippen molar-refractivity contribution in [1.29, 1.82) is 5.41 Å². The van der Waals surface area contributed by atoms with E-state index in [2.05, 4.69) is 15.1 Å². The summed E-state index contributed by atoms with van der Waals surface area (Å²) < 4.78 is 1.08. The van der Waals surface area contributed by atoms with Crippen LogP contribution in [0.15, 0.2) is 17.2 Å². The summed E-state index contributed by atoms with van der Waals surface area (Å²) in [5.41, 5.74) is 4.55. The van der Waals surface area contributed by atoms with E-state index in [1.165, 1.54) is 6.20 Å². The number of carbonyl (C=O) groups is 1. The molecule has 0 aliphatic rings. The fourth-order valence-electron chi connectivity index (χ4n) is 1.26. The molecule has 2 heterocycles. The number of nitrogen functional groups attached to an aromatic ring is 1. The number of aromatic amines is 1. The fraction of sp³-hybridized carbons (Fsp3) is 0. The van der Waals surface area contributed by atoms with Gasteiger partial charge in [-0.1, -0.05) is 0 Å². The summed E-state index contributed by atoms with van der Waals surface area (Å²) in [7, 11) is 0. The summed E-state index contributed by atoms with van der Waals surface area (Å²) >= 11 is 0. The average Bonchev–Trinajstić information content (AvgIpc) is 2.82. The van der Waals surface area contributed by atoms with E-state index in [4.69, 9.17) is 16.2 Å². The number of H-pyrrole nitrogens is 1. The van der Waals surface area contributed by atoms with Crippen LogP contribution in [0.5, 0.6) is 0 Å². The predicted octanol–water partition coefficient (Wildman–Crippen LogP) is -0.766. The Balaban J connectivity index is 2.57. The maximum atomic E-state index is 11.5. The summed E-state index contributed by atoms with van der Waals surface area (Å²) in [6.07, 6.45) is 3.13. The first kappa shape index (κ1) is 11.5. The Morgan fingerprint density at radius 2 is 2.33 bits per heavy atom. The molecule has 0 saturated carbocycles. The van der Waals surface area contributed by atoms with Gasteiger partial charge in [0.2, 0.25) is 5.95 Å². The molecule has 0 bridgehead atoms. The minimum absolute atomic E-state index is 0.0128. The largest absolute Gasteiger partial charge is 0.478 e. The molecule has 0 aromatic carbocycles. The van der Waals surface area contributed by atoms with Crippen molar-refractivity contribution >= 4 is 17.9 Å². The van der Waals surface area contributed by atoms with Crippen molar-refractivity contribution in [1.82, 2.24) is 19.7 Å². The molecule has 0 spiro atoms. The minimum atomic E-state index is -1.15. The van der Waals surface area contributed by atoms with Crippen LogP contribution in [0.2, 0.25) is 0 Å². The summed E-state index contributed by atoms with van der Waals surface area (Å²) in [5, 5.41) is 19.6. The van der Waals surface area contributed by atoms with Gasteiger partial charge in [-0.2, -0.15) is 5.10 Å². The van der Waals surface area contributed by atoms with Crippen molar-refractivity contribution in [3.63, 3.8) is 0 Å². The molecule has 0 aliphatic carbocycles. The zero-order chi connectivity index (χ0) is 13.3. The van der Waals surface area contributed by atoms with Crippen molar-refractivity contribution in [3.8, 4) is 5.95 Å². The van der Waals surface area contributed by atoms with Gasteiger partial charge in [-0.15, -0.1) is 0 Å². The van der Waals surface area contributed by atoms with Crippen molar-refractivity contribution in [2.75, 3.05) is 5.73 Å². The first-order chi connectivity index (χ1) is 8.52. The van der Waals surface area contributed by atoms with E-state index in [9.17, 15) is 9.59 Å². The Morgan fingerprint density at radius 3 is 2.89 bits per heavy atom. The SMILES string of the molecule is N=Cc1nc(-n2cc(C(=O)O)cn2)[nH]c(=O)c1N. The standard InChI is InChI=1S/C9H8N6O3/c10-1-5-6(11)7(16)14-9(13-5)15-3-4(2-12-15)8(17)18/h1-3,10H,11H2,(H,17,18)(H,13,14,16). The Labute approximate surface area is 99.4 Å². The second-order valence-electron chi connectivity index (χ2n) is 3.31. The zero-order valence-electron chi connectivity index (χ0n) is 8.91. The maximum absolute atomic E-state index is 11.5. The van der Waals surface area contributed by atoms with Gasteiger partial charge in [0, 0.05) is 12.4 Å². The van der Waals surface area contributed by atoms with Crippen LogP contribution >= 0.6 is 0 Å². The Kier molecular flexibility index (Phi) is 2.64. The summed E-state index contributed by atoms with van der Waals surface area (Å²) in [6, 6.07) is 0. The number of carboxylic acid groups (broad SMARTS) is 1. The quantitative estimate of drug-likeness (QED) is 0.524. The van der Waals surface area contributed by atoms with Crippen LogP contribution in [0, 0.1) is 5.41 Å². The monoisotopic (exact) mass is 248 g/mol. The molecule has 0 radical (unpaired) electrons. The second kappa shape index (κ2) is 4.13. The molecule has 9 nitrogen and oxygen atoms in total. The number of carboxylic acids is 1. The first-order valence-corrected chi connectivity index (χ1v) is 4.71. The third-order valence-corrected chi connectivity index (χ3v) is 2.16. The molecule has 2 rings (SSSR count). The van der Waals surface area contributed by atoms with Crippen molar-refractivity contribution in [2.45, 2.75) is 0 Å². The molecule has 18 heavy (non-hydrogen) atoms. The molecule has 92 valence electrons. The number of nitrogens with one attached hydrogen (secondary N) is 2. The van der Waals surface area contributed by atoms with Gasteiger partial charge >= 0.3 is 5.97 Å². The molecule has 0 atom stereocenters. The molecular formula is C9H8N6O3. The zero-order valence-corrected chi connectivity index (χ0v) is 8.91. The smallest absolute Gasteiger partial charge is 0.338 e. The lowest BCUT2D eigenvalue weighted by molar-refractivity contribution is 0.0697. The number of aromatic nitrogens is 4. The number of anilines is 1. The van der Waals surface area contributed by atoms with Crippen LogP contribution in [-0.4, -0.2) is 37.0 Å². The van der Waals surface area contributed by atoms with Crippen LogP contribution in [0.4, 0.5) is 5.69 Å². The van der Waals surface area contributed by atoms with Gasteiger partial charge in [-0.25, -0.2) is 14.5 Å². The number of nitrogens with two attached hydrogens (primary N) is 1. The molecule has 5 N–H and O–H groups in total. The van der Waals surface area contributed by atoms with Crippen molar-refractivity contribution < 1.29 is 9.90 Å². The van der Waals surface area contributed by atoms with Crippen LogP contribution in [0.3, 0.4) is 0 Å². The number of nitrogens with zero attached hydrogens (tertiary/aromatic N) is 3. The lowest BCUT2D eigenvalue weighted by Gasteiger charge is -2.02. The fourth-order valence-corrected chi connectivity index (χ4v) is 1.26. The number of rotatable bonds is 3. The normalized spacial score (nSPS) is 10.2. The van der Waals surface area contributed by atoms with E-state index >= 15 is 0 Å². The summed E-state index contributed by atoms with van der Waals surface area (Å²) in [5.74, 6) is -1.16. The van der Waals surface area contributed by atoms with Crippen LogP contribution in [0.25, 0.3) is 5.95 Å².